The molecular formula is C31H41ClN6O4. The molecule has 2 unspecified atom stereocenters. The zero-order valence-corrected chi connectivity index (χ0v) is 25.8. The van der Waals surface area contributed by atoms with E-state index in [-0.39, 0.29) is 23.8 Å². The van der Waals surface area contributed by atoms with E-state index < -0.39 is 0 Å². The lowest BCUT2D eigenvalue weighted by molar-refractivity contribution is -0.123. The number of amides is 3. The number of rotatable bonds is 7. The molecule has 1 aromatic carbocycles. The Morgan fingerprint density at radius 3 is 2.21 bits per heavy atom. The van der Waals surface area contributed by atoms with Gasteiger partial charge in [0.25, 0.3) is 5.91 Å². The number of methoxy groups -OCH3 is 1. The Bertz CT molecular complexity index is 1300. The van der Waals surface area contributed by atoms with Crippen LogP contribution in [0.4, 0.5) is 10.5 Å². The number of carbonyl (C=O) groups is 3. The molecule has 10 nitrogen and oxygen atoms in total. The van der Waals surface area contributed by atoms with Gasteiger partial charge >= 0.3 is 6.09 Å². The number of fused-ring (bicyclic) bond motifs is 1. The van der Waals surface area contributed by atoms with Crippen molar-refractivity contribution >= 4 is 35.2 Å². The molecule has 3 aliphatic rings. The lowest BCUT2D eigenvalue weighted by atomic mass is 9.95. The number of nitrogens with zero attached hydrogens (tertiary/aromatic N) is 6. The summed E-state index contributed by atoms with van der Waals surface area (Å²) in [6.45, 7) is 11.6. The molecule has 4 heterocycles. The third kappa shape index (κ3) is 6.39. The van der Waals surface area contributed by atoms with E-state index >= 15 is 0 Å². The number of carbonyl (C=O) groups excluding carboxylic acids is 3. The zero-order valence-electron chi connectivity index (χ0n) is 25.0. The van der Waals surface area contributed by atoms with Crippen LogP contribution in [0.1, 0.15) is 46.6 Å². The largest absolute Gasteiger partial charge is 0.453 e. The summed E-state index contributed by atoms with van der Waals surface area (Å²) >= 11 is 6.46. The topological polar surface area (TPSA) is 99.2 Å². The van der Waals surface area contributed by atoms with Gasteiger partial charge in [-0.05, 0) is 76.1 Å². The quantitative estimate of drug-likeness (QED) is 0.477. The summed E-state index contributed by atoms with van der Waals surface area (Å²) in [4.78, 5) is 55.4. The Morgan fingerprint density at radius 1 is 0.976 bits per heavy atom. The van der Waals surface area contributed by atoms with Crippen molar-refractivity contribution in [1.29, 1.82) is 0 Å². The van der Waals surface area contributed by atoms with Gasteiger partial charge in [0.1, 0.15) is 6.33 Å². The molecule has 0 saturated carbocycles. The number of halogens is 1. The van der Waals surface area contributed by atoms with Crippen LogP contribution in [0.3, 0.4) is 0 Å². The smallest absolute Gasteiger partial charge is 0.409 e. The van der Waals surface area contributed by atoms with Gasteiger partial charge in [-0.3, -0.25) is 9.59 Å². The van der Waals surface area contributed by atoms with Gasteiger partial charge < -0.3 is 24.3 Å². The molecule has 3 amide bonds. The highest BCUT2D eigenvalue weighted by Crippen LogP contribution is 2.33. The average Bonchev–Trinajstić information content (AvgIpc) is 3.55. The van der Waals surface area contributed by atoms with E-state index in [9.17, 15) is 14.4 Å². The molecule has 0 aliphatic carbocycles. The molecular weight excluding hydrogens is 556 g/mol. The van der Waals surface area contributed by atoms with Crippen LogP contribution in [-0.2, 0) is 9.53 Å². The second kappa shape index (κ2) is 13.0. The summed E-state index contributed by atoms with van der Waals surface area (Å²) in [7, 11) is 1.38. The van der Waals surface area contributed by atoms with E-state index in [1.165, 1.54) is 13.4 Å². The van der Waals surface area contributed by atoms with Crippen LogP contribution in [-0.4, -0.2) is 102 Å². The summed E-state index contributed by atoms with van der Waals surface area (Å²) in [5.41, 5.74) is 3.88. The number of benzene rings is 1. The number of hydrogen-bond donors (Lipinski definition) is 0. The number of aromatic nitrogens is 2. The molecule has 2 atom stereocenters. The Kier molecular flexibility index (Phi) is 9.32. The molecule has 1 aromatic heterocycles. The number of likely N-dealkylation sites (tertiary alicyclic amines) is 3. The minimum atomic E-state index is -0.342. The third-order valence-corrected chi connectivity index (χ3v) is 9.56. The summed E-state index contributed by atoms with van der Waals surface area (Å²) in [5, 5.41) is 0.643. The van der Waals surface area contributed by atoms with Crippen molar-refractivity contribution in [2.45, 2.75) is 40.0 Å². The fourth-order valence-corrected chi connectivity index (χ4v) is 6.90. The number of piperidine rings is 1. The number of ether oxygens (including phenoxy) is 1. The molecule has 3 saturated heterocycles. The van der Waals surface area contributed by atoms with Gasteiger partial charge in [0, 0.05) is 62.4 Å². The van der Waals surface area contributed by atoms with Gasteiger partial charge in [0.15, 0.2) is 0 Å². The van der Waals surface area contributed by atoms with Crippen molar-refractivity contribution in [3.63, 3.8) is 0 Å². The highest BCUT2D eigenvalue weighted by Gasteiger charge is 2.42. The van der Waals surface area contributed by atoms with Crippen LogP contribution >= 0.6 is 11.6 Å². The van der Waals surface area contributed by atoms with E-state index in [2.05, 4.69) is 14.9 Å². The Balaban J connectivity index is 1.17. The molecule has 0 bridgehead atoms. The standard InChI is InChI=1S/C31H41ClN6O4/c1-20-6-7-26(14-27(20)32)38(29(39)23-8-12-36(13-9-23)31(41)42-4)11-5-10-35-15-24-17-37(18-25(24)16-35)30(40)28-21(2)33-19-34-22(28)3/h6-7,14,19,23-25H,5,8-13,15-18H2,1-4H3. The van der Waals surface area contributed by atoms with Crippen molar-refractivity contribution in [3.8, 4) is 0 Å². The second-order valence-electron chi connectivity index (χ2n) is 11.9. The van der Waals surface area contributed by atoms with E-state index in [1.807, 2.05) is 48.8 Å². The fraction of sp³-hybridized carbons (Fsp3) is 0.581. The van der Waals surface area contributed by atoms with Crippen LogP contribution in [0.2, 0.25) is 5.02 Å². The third-order valence-electron chi connectivity index (χ3n) is 9.16. The SMILES string of the molecule is COC(=O)N1CCC(C(=O)N(CCCN2CC3CN(C(=O)c4c(C)ncnc4C)CC3C2)c2ccc(C)c(Cl)c2)CC1. The van der Waals surface area contributed by atoms with E-state index in [0.717, 1.165) is 61.8 Å². The first-order valence-corrected chi connectivity index (χ1v) is 15.2. The second-order valence-corrected chi connectivity index (χ2v) is 12.3. The molecule has 42 heavy (non-hydrogen) atoms. The first-order chi connectivity index (χ1) is 20.2. The highest BCUT2D eigenvalue weighted by molar-refractivity contribution is 6.31. The maximum absolute atomic E-state index is 13.8. The van der Waals surface area contributed by atoms with E-state index in [4.69, 9.17) is 16.3 Å². The van der Waals surface area contributed by atoms with Crippen LogP contribution in [0.5, 0.6) is 0 Å². The summed E-state index contributed by atoms with van der Waals surface area (Å²) < 4.78 is 4.85. The van der Waals surface area contributed by atoms with Gasteiger partial charge in [0.05, 0.1) is 24.1 Å². The minimum absolute atomic E-state index is 0.0369. The maximum atomic E-state index is 13.8. The average molecular weight is 597 g/mol. The summed E-state index contributed by atoms with van der Waals surface area (Å²) in [6, 6.07) is 5.80. The maximum Gasteiger partial charge on any atom is 0.409 e. The number of hydrogen-bond acceptors (Lipinski definition) is 7. The normalized spacial score (nSPS) is 21.0. The van der Waals surface area contributed by atoms with Crippen molar-refractivity contribution in [2.24, 2.45) is 17.8 Å². The lowest BCUT2D eigenvalue weighted by Gasteiger charge is -2.34. The summed E-state index contributed by atoms with van der Waals surface area (Å²) in [5.74, 6) is 0.876. The number of anilines is 1. The van der Waals surface area contributed by atoms with Gasteiger partial charge in [-0.2, -0.15) is 0 Å². The van der Waals surface area contributed by atoms with Crippen molar-refractivity contribution in [1.82, 2.24) is 24.7 Å². The molecule has 11 heteroatoms. The lowest BCUT2D eigenvalue weighted by Crippen LogP contribution is -2.45. The molecule has 0 radical (unpaired) electrons. The van der Waals surface area contributed by atoms with Gasteiger partial charge in [0.2, 0.25) is 5.91 Å². The first kappa shape index (κ1) is 30.2. The number of aryl methyl sites for hydroxylation is 3. The Hall–Kier alpha value is -3.24. The van der Waals surface area contributed by atoms with Crippen LogP contribution in [0.15, 0.2) is 24.5 Å². The van der Waals surface area contributed by atoms with Gasteiger partial charge in [-0.1, -0.05) is 17.7 Å². The molecule has 2 aromatic rings. The predicted octanol–water partition coefficient (Wildman–Crippen LogP) is 3.96. The van der Waals surface area contributed by atoms with Crippen LogP contribution in [0.25, 0.3) is 0 Å². The molecule has 3 fully saturated rings. The van der Waals surface area contributed by atoms with Crippen LogP contribution < -0.4 is 4.90 Å². The molecule has 226 valence electrons. The predicted molar refractivity (Wildman–Crippen MR) is 161 cm³/mol. The highest BCUT2D eigenvalue weighted by atomic mass is 35.5. The molecule has 5 rings (SSSR count). The molecule has 0 spiro atoms. The monoisotopic (exact) mass is 596 g/mol. The van der Waals surface area contributed by atoms with Crippen molar-refractivity contribution in [2.75, 3.05) is 64.4 Å². The van der Waals surface area contributed by atoms with Gasteiger partial charge in [-0.15, -0.1) is 0 Å². The van der Waals surface area contributed by atoms with Crippen molar-refractivity contribution < 1.29 is 19.1 Å². The van der Waals surface area contributed by atoms with E-state index in [0.29, 0.717) is 54.9 Å². The van der Waals surface area contributed by atoms with E-state index in [1.54, 1.807) is 4.90 Å². The minimum Gasteiger partial charge on any atom is -0.453 e. The van der Waals surface area contributed by atoms with Crippen molar-refractivity contribution in [3.05, 3.63) is 52.1 Å². The first-order valence-electron chi connectivity index (χ1n) is 14.9. The summed E-state index contributed by atoms with van der Waals surface area (Å²) in [6.07, 6.45) is 3.23. The molecule has 3 aliphatic heterocycles. The fourth-order valence-electron chi connectivity index (χ4n) is 6.73. The Labute approximate surface area is 253 Å². The van der Waals surface area contributed by atoms with Crippen LogP contribution in [0, 0.1) is 38.5 Å². The zero-order chi connectivity index (χ0) is 30.0. The molecule has 0 N–H and O–H groups in total. The van der Waals surface area contributed by atoms with Gasteiger partial charge in [-0.25, -0.2) is 14.8 Å². The Morgan fingerprint density at radius 2 is 1.62 bits per heavy atom.